The van der Waals surface area contributed by atoms with E-state index in [0.29, 0.717) is 5.82 Å². The van der Waals surface area contributed by atoms with Gasteiger partial charge in [-0.25, -0.2) is 4.98 Å². The Balaban J connectivity index is 2.02. The Labute approximate surface area is 108 Å². The van der Waals surface area contributed by atoms with E-state index >= 15 is 0 Å². The second-order valence-electron chi connectivity index (χ2n) is 4.01. The number of halogens is 1. The zero-order valence-electron chi connectivity index (χ0n) is 9.40. The molecule has 0 spiro atoms. The van der Waals surface area contributed by atoms with E-state index in [1.54, 1.807) is 0 Å². The first-order valence-corrected chi connectivity index (χ1v) is 5.82. The molecule has 1 aliphatic rings. The number of aliphatic hydroxyl groups is 3. The third-order valence-electron chi connectivity index (χ3n) is 2.75. The maximum Gasteiger partial charge on any atom is 0.149 e. The van der Waals surface area contributed by atoms with E-state index in [9.17, 15) is 10.2 Å². The average molecular weight is 276 g/mol. The number of ether oxygens (including phenoxy) is 1. The number of nitrogens with zero attached hydrogens (tertiary/aromatic N) is 2. The van der Waals surface area contributed by atoms with Crippen LogP contribution in [0.2, 0.25) is 5.15 Å². The monoisotopic (exact) mass is 275 g/mol. The normalized spacial score (nSPS) is 32.2. The minimum Gasteiger partial charge on any atom is -0.394 e. The van der Waals surface area contributed by atoms with Gasteiger partial charge in [0.15, 0.2) is 0 Å². The van der Waals surface area contributed by atoms with E-state index in [0.717, 1.165) is 0 Å². The molecule has 1 saturated heterocycles. The standard InChI is InChI=1S/C10H14ClN3O4/c11-7-1-12-2-8(14-7)13-5-4-18-6(3-15)10(17)9(5)16/h1-2,5-6,9-10,15-17H,3-4H2,(H,13,14)/t5-,6+,9+,10-/m0/s1. The minimum absolute atomic E-state index is 0.137. The van der Waals surface area contributed by atoms with Crippen molar-refractivity contribution in [3.63, 3.8) is 0 Å². The summed E-state index contributed by atoms with van der Waals surface area (Å²) in [4.78, 5) is 7.80. The molecule has 2 rings (SSSR count). The Morgan fingerprint density at radius 3 is 2.83 bits per heavy atom. The Bertz CT molecular complexity index is 408. The van der Waals surface area contributed by atoms with Gasteiger partial charge in [0.25, 0.3) is 0 Å². The van der Waals surface area contributed by atoms with Gasteiger partial charge in [-0.2, -0.15) is 0 Å². The molecule has 1 aliphatic heterocycles. The second kappa shape index (κ2) is 5.77. The average Bonchev–Trinajstić information content (AvgIpc) is 2.35. The maximum atomic E-state index is 9.88. The highest BCUT2D eigenvalue weighted by molar-refractivity contribution is 6.29. The Hall–Kier alpha value is -0.990. The lowest BCUT2D eigenvalue weighted by atomic mass is 9.98. The Morgan fingerprint density at radius 2 is 2.17 bits per heavy atom. The summed E-state index contributed by atoms with van der Waals surface area (Å²) in [5.74, 6) is 0.379. The van der Waals surface area contributed by atoms with Crippen LogP contribution in [0.4, 0.5) is 5.82 Å². The summed E-state index contributed by atoms with van der Waals surface area (Å²) in [5.41, 5.74) is 0. The quantitative estimate of drug-likeness (QED) is 0.562. The molecule has 4 atom stereocenters. The molecular formula is C10H14ClN3O4. The van der Waals surface area contributed by atoms with E-state index in [1.807, 2.05) is 0 Å². The summed E-state index contributed by atoms with van der Waals surface area (Å²) in [6, 6.07) is -0.546. The first-order valence-electron chi connectivity index (χ1n) is 5.44. The number of hydrogen-bond donors (Lipinski definition) is 4. The molecule has 18 heavy (non-hydrogen) atoms. The van der Waals surface area contributed by atoms with Crippen LogP contribution in [0.3, 0.4) is 0 Å². The van der Waals surface area contributed by atoms with Crippen molar-refractivity contribution >= 4 is 17.4 Å². The molecule has 2 heterocycles. The van der Waals surface area contributed by atoms with Gasteiger partial charge >= 0.3 is 0 Å². The first-order chi connectivity index (χ1) is 8.61. The van der Waals surface area contributed by atoms with Gasteiger partial charge in [-0.3, -0.25) is 4.98 Å². The second-order valence-corrected chi connectivity index (χ2v) is 4.40. The van der Waals surface area contributed by atoms with E-state index in [-0.39, 0.29) is 18.4 Å². The Morgan fingerprint density at radius 1 is 1.39 bits per heavy atom. The molecule has 0 unspecified atom stereocenters. The third-order valence-corrected chi connectivity index (χ3v) is 2.93. The molecule has 1 aromatic heterocycles. The SMILES string of the molecule is OC[C@H]1OC[C@H](Nc2cncc(Cl)n2)[C@@H](O)[C@H]1O. The molecule has 0 saturated carbocycles. The lowest BCUT2D eigenvalue weighted by molar-refractivity contribution is -0.152. The zero-order valence-corrected chi connectivity index (χ0v) is 10.2. The van der Waals surface area contributed by atoms with Crippen molar-refractivity contribution < 1.29 is 20.1 Å². The van der Waals surface area contributed by atoms with Gasteiger partial charge in [0.1, 0.15) is 29.3 Å². The Kier molecular flexibility index (Phi) is 4.31. The van der Waals surface area contributed by atoms with E-state index in [2.05, 4.69) is 15.3 Å². The van der Waals surface area contributed by atoms with Crippen LogP contribution in [-0.4, -0.2) is 62.9 Å². The van der Waals surface area contributed by atoms with Gasteiger partial charge < -0.3 is 25.4 Å². The highest BCUT2D eigenvalue weighted by Gasteiger charge is 2.38. The van der Waals surface area contributed by atoms with Gasteiger partial charge in [0, 0.05) is 0 Å². The molecular weight excluding hydrogens is 262 g/mol. The fourth-order valence-corrected chi connectivity index (χ4v) is 1.92. The van der Waals surface area contributed by atoms with Crippen molar-refractivity contribution in [1.29, 1.82) is 0 Å². The van der Waals surface area contributed by atoms with Crippen LogP contribution in [0.25, 0.3) is 0 Å². The van der Waals surface area contributed by atoms with Crippen molar-refractivity contribution in [1.82, 2.24) is 9.97 Å². The molecule has 4 N–H and O–H groups in total. The highest BCUT2D eigenvalue weighted by atomic mass is 35.5. The molecule has 0 amide bonds. The van der Waals surface area contributed by atoms with Crippen molar-refractivity contribution in [2.75, 3.05) is 18.5 Å². The van der Waals surface area contributed by atoms with Crippen LogP contribution in [-0.2, 0) is 4.74 Å². The van der Waals surface area contributed by atoms with Crippen LogP contribution >= 0.6 is 11.6 Å². The zero-order chi connectivity index (χ0) is 13.1. The van der Waals surface area contributed by atoms with Gasteiger partial charge in [-0.15, -0.1) is 0 Å². The summed E-state index contributed by atoms with van der Waals surface area (Å²) in [6.07, 6.45) is -0.172. The van der Waals surface area contributed by atoms with Crippen LogP contribution in [0.1, 0.15) is 0 Å². The van der Waals surface area contributed by atoms with Gasteiger partial charge in [-0.05, 0) is 0 Å². The van der Waals surface area contributed by atoms with E-state index < -0.39 is 24.4 Å². The van der Waals surface area contributed by atoms with Crippen molar-refractivity contribution in [2.45, 2.75) is 24.4 Å². The van der Waals surface area contributed by atoms with Crippen LogP contribution in [0.5, 0.6) is 0 Å². The molecule has 7 nitrogen and oxygen atoms in total. The molecule has 1 aromatic rings. The topological polar surface area (TPSA) is 108 Å². The third kappa shape index (κ3) is 2.88. The van der Waals surface area contributed by atoms with Gasteiger partial charge in [0.2, 0.25) is 0 Å². The lowest BCUT2D eigenvalue weighted by Gasteiger charge is -2.37. The number of anilines is 1. The number of aliphatic hydroxyl groups excluding tert-OH is 3. The summed E-state index contributed by atoms with van der Waals surface area (Å²) in [5, 5.41) is 31.6. The predicted octanol–water partition coefficient (Wildman–Crippen LogP) is -0.977. The molecule has 0 aliphatic carbocycles. The highest BCUT2D eigenvalue weighted by Crippen LogP contribution is 2.18. The van der Waals surface area contributed by atoms with E-state index in [1.165, 1.54) is 12.4 Å². The van der Waals surface area contributed by atoms with Crippen molar-refractivity contribution in [2.24, 2.45) is 0 Å². The summed E-state index contributed by atoms with van der Waals surface area (Å²) in [7, 11) is 0. The fraction of sp³-hybridized carbons (Fsp3) is 0.600. The molecule has 8 heteroatoms. The van der Waals surface area contributed by atoms with Crippen molar-refractivity contribution in [3.8, 4) is 0 Å². The summed E-state index contributed by atoms with van der Waals surface area (Å²) in [6.45, 7) is -0.209. The largest absolute Gasteiger partial charge is 0.394 e. The predicted molar refractivity (Wildman–Crippen MR) is 63.3 cm³/mol. The lowest BCUT2D eigenvalue weighted by Crippen LogP contribution is -2.56. The summed E-state index contributed by atoms with van der Waals surface area (Å²) < 4.78 is 5.22. The van der Waals surface area contributed by atoms with Crippen LogP contribution in [0.15, 0.2) is 12.4 Å². The fourth-order valence-electron chi connectivity index (χ4n) is 1.77. The summed E-state index contributed by atoms with van der Waals surface area (Å²) >= 11 is 5.68. The minimum atomic E-state index is -1.16. The van der Waals surface area contributed by atoms with E-state index in [4.69, 9.17) is 21.4 Å². The molecule has 0 radical (unpaired) electrons. The molecule has 100 valence electrons. The van der Waals surface area contributed by atoms with Gasteiger partial charge in [0.05, 0.1) is 31.6 Å². The maximum absolute atomic E-state index is 9.88. The number of nitrogens with one attached hydrogen (secondary N) is 1. The first kappa shape index (κ1) is 13.4. The van der Waals surface area contributed by atoms with Crippen LogP contribution < -0.4 is 5.32 Å². The molecule has 0 aromatic carbocycles. The number of rotatable bonds is 3. The van der Waals surface area contributed by atoms with Crippen LogP contribution in [0, 0.1) is 0 Å². The number of aromatic nitrogens is 2. The smallest absolute Gasteiger partial charge is 0.149 e. The number of hydrogen-bond acceptors (Lipinski definition) is 7. The molecule has 1 fully saturated rings. The van der Waals surface area contributed by atoms with Crippen molar-refractivity contribution in [3.05, 3.63) is 17.5 Å². The molecule has 0 bridgehead atoms. The van der Waals surface area contributed by atoms with Gasteiger partial charge in [-0.1, -0.05) is 11.6 Å².